The lowest BCUT2D eigenvalue weighted by atomic mass is 9.88. The number of hydrogen-bond acceptors (Lipinski definition) is 3. The van der Waals surface area contributed by atoms with Gasteiger partial charge in [-0.15, -0.1) is 0 Å². The Balaban J connectivity index is 1.63. The molecule has 1 N–H and O–H groups in total. The first-order valence-electron chi connectivity index (χ1n) is 9.12. The lowest BCUT2D eigenvalue weighted by molar-refractivity contribution is 0.476. The van der Waals surface area contributed by atoms with Gasteiger partial charge in [-0.3, -0.25) is 4.98 Å². The number of rotatable bonds is 2. The SMILES string of the molecule is Oc1cccc2c1-c1nc(-c3cccc(-c4ccccn4)c3)ccc1CC2. The van der Waals surface area contributed by atoms with Crippen molar-refractivity contribution >= 4 is 0 Å². The molecular weight excluding hydrogens is 332 g/mol. The van der Waals surface area contributed by atoms with E-state index in [0.29, 0.717) is 5.75 Å². The number of nitrogens with zero attached hydrogens (tertiary/aromatic N) is 2. The molecular formula is C24H18N2O. The molecule has 5 rings (SSSR count). The van der Waals surface area contributed by atoms with Crippen LogP contribution in [0.2, 0.25) is 0 Å². The van der Waals surface area contributed by atoms with E-state index in [0.717, 1.165) is 52.2 Å². The van der Waals surface area contributed by atoms with E-state index in [9.17, 15) is 5.11 Å². The van der Waals surface area contributed by atoms with Gasteiger partial charge in [0.05, 0.1) is 17.1 Å². The molecule has 0 amide bonds. The summed E-state index contributed by atoms with van der Waals surface area (Å²) in [6, 6.07) is 24.1. The Hall–Kier alpha value is -3.46. The molecule has 0 atom stereocenters. The molecule has 3 heteroatoms. The second-order valence-electron chi connectivity index (χ2n) is 6.81. The van der Waals surface area contributed by atoms with Crippen LogP contribution in [0.25, 0.3) is 33.8 Å². The fourth-order valence-corrected chi connectivity index (χ4v) is 3.78. The lowest BCUT2D eigenvalue weighted by Gasteiger charge is -2.20. The molecule has 2 aromatic heterocycles. The van der Waals surface area contributed by atoms with Gasteiger partial charge in [-0.1, -0.05) is 42.5 Å². The van der Waals surface area contributed by atoms with Crippen molar-refractivity contribution in [1.82, 2.24) is 9.97 Å². The number of aryl methyl sites for hydroxylation is 2. The van der Waals surface area contributed by atoms with E-state index >= 15 is 0 Å². The number of fused-ring (bicyclic) bond motifs is 3. The average molecular weight is 350 g/mol. The Kier molecular flexibility index (Phi) is 3.72. The van der Waals surface area contributed by atoms with Crippen molar-refractivity contribution in [3.8, 4) is 39.5 Å². The van der Waals surface area contributed by atoms with Crippen LogP contribution in [0, 0.1) is 0 Å². The van der Waals surface area contributed by atoms with Crippen molar-refractivity contribution in [3.63, 3.8) is 0 Å². The van der Waals surface area contributed by atoms with E-state index in [1.165, 1.54) is 5.56 Å². The highest BCUT2D eigenvalue weighted by Gasteiger charge is 2.21. The van der Waals surface area contributed by atoms with E-state index in [1.54, 1.807) is 12.3 Å². The van der Waals surface area contributed by atoms with Crippen LogP contribution >= 0.6 is 0 Å². The summed E-state index contributed by atoms with van der Waals surface area (Å²) in [4.78, 5) is 9.38. The molecule has 4 aromatic rings. The Labute approximate surface area is 158 Å². The monoisotopic (exact) mass is 350 g/mol. The van der Waals surface area contributed by atoms with Crippen molar-refractivity contribution in [2.24, 2.45) is 0 Å². The van der Waals surface area contributed by atoms with Crippen LogP contribution in [0.15, 0.2) is 79.0 Å². The largest absolute Gasteiger partial charge is 0.507 e. The zero-order chi connectivity index (χ0) is 18.2. The maximum Gasteiger partial charge on any atom is 0.125 e. The molecule has 0 bridgehead atoms. The van der Waals surface area contributed by atoms with Crippen LogP contribution in [0.1, 0.15) is 11.1 Å². The molecule has 0 unspecified atom stereocenters. The standard InChI is InChI=1S/C24H18N2O/c27-22-9-4-5-16-10-11-17-12-13-21(26-24(17)23(16)22)19-7-3-6-18(15-19)20-8-1-2-14-25-20/h1-9,12-15,27H,10-11H2. The Bertz CT molecular complexity index is 1140. The van der Waals surface area contributed by atoms with Crippen molar-refractivity contribution in [2.75, 3.05) is 0 Å². The van der Waals surface area contributed by atoms with Crippen molar-refractivity contribution in [2.45, 2.75) is 12.8 Å². The molecule has 2 heterocycles. The van der Waals surface area contributed by atoms with Gasteiger partial charge in [0.25, 0.3) is 0 Å². The van der Waals surface area contributed by atoms with Gasteiger partial charge in [0, 0.05) is 22.9 Å². The number of hydrogen-bond donors (Lipinski definition) is 1. The van der Waals surface area contributed by atoms with Gasteiger partial charge in [0.2, 0.25) is 0 Å². The highest BCUT2D eigenvalue weighted by molar-refractivity contribution is 5.78. The predicted molar refractivity (Wildman–Crippen MR) is 107 cm³/mol. The summed E-state index contributed by atoms with van der Waals surface area (Å²) in [7, 11) is 0. The van der Waals surface area contributed by atoms with Crippen molar-refractivity contribution in [1.29, 1.82) is 0 Å². The van der Waals surface area contributed by atoms with Crippen molar-refractivity contribution in [3.05, 3.63) is 90.1 Å². The number of aromatic nitrogens is 2. The molecule has 130 valence electrons. The second kappa shape index (κ2) is 6.36. The molecule has 0 aliphatic heterocycles. The highest BCUT2D eigenvalue weighted by Crippen LogP contribution is 2.39. The normalized spacial score (nSPS) is 12.3. The maximum absolute atomic E-state index is 10.4. The van der Waals surface area contributed by atoms with Crippen LogP contribution < -0.4 is 0 Å². The smallest absolute Gasteiger partial charge is 0.125 e. The minimum absolute atomic E-state index is 0.306. The Morgan fingerprint density at radius 3 is 2.37 bits per heavy atom. The molecule has 0 spiro atoms. The van der Waals surface area contributed by atoms with Crippen LogP contribution in [0.3, 0.4) is 0 Å². The highest BCUT2D eigenvalue weighted by atomic mass is 16.3. The third-order valence-electron chi connectivity index (χ3n) is 5.13. The molecule has 0 saturated heterocycles. The second-order valence-corrected chi connectivity index (χ2v) is 6.81. The quantitative estimate of drug-likeness (QED) is 0.535. The number of benzene rings is 2. The van der Waals surface area contributed by atoms with E-state index in [2.05, 4.69) is 41.4 Å². The minimum Gasteiger partial charge on any atom is -0.507 e. The molecule has 1 aliphatic rings. The lowest BCUT2D eigenvalue weighted by Crippen LogP contribution is -2.06. The summed E-state index contributed by atoms with van der Waals surface area (Å²) in [5, 5.41) is 10.4. The summed E-state index contributed by atoms with van der Waals surface area (Å²) in [6.45, 7) is 0. The Morgan fingerprint density at radius 2 is 1.52 bits per heavy atom. The first kappa shape index (κ1) is 15.8. The molecule has 2 aromatic carbocycles. The predicted octanol–water partition coefficient (Wildman–Crippen LogP) is 5.28. The number of phenolic OH excluding ortho intramolecular Hbond substituents is 1. The van der Waals surface area contributed by atoms with Crippen LogP contribution in [0.5, 0.6) is 5.75 Å². The van der Waals surface area contributed by atoms with E-state index < -0.39 is 0 Å². The van der Waals surface area contributed by atoms with E-state index in [4.69, 9.17) is 4.98 Å². The zero-order valence-corrected chi connectivity index (χ0v) is 14.8. The first-order chi connectivity index (χ1) is 13.3. The van der Waals surface area contributed by atoms with Crippen LogP contribution in [-0.2, 0) is 12.8 Å². The van der Waals surface area contributed by atoms with Crippen LogP contribution in [-0.4, -0.2) is 15.1 Å². The summed E-state index contributed by atoms with van der Waals surface area (Å²) in [5.74, 6) is 0.306. The number of pyridine rings is 2. The number of phenols is 1. The van der Waals surface area contributed by atoms with Gasteiger partial charge in [0.15, 0.2) is 0 Å². The third kappa shape index (κ3) is 2.77. The molecule has 27 heavy (non-hydrogen) atoms. The molecule has 0 fully saturated rings. The van der Waals surface area contributed by atoms with Gasteiger partial charge in [0.1, 0.15) is 5.75 Å². The Morgan fingerprint density at radius 1 is 0.704 bits per heavy atom. The molecule has 0 radical (unpaired) electrons. The summed E-state index contributed by atoms with van der Waals surface area (Å²) >= 11 is 0. The fourth-order valence-electron chi connectivity index (χ4n) is 3.78. The van der Waals surface area contributed by atoms with Crippen LogP contribution in [0.4, 0.5) is 0 Å². The minimum atomic E-state index is 0.306. The van der Waals surface area contributed by atoms with E-state index in [1.807, 2.05) is 30.3 Å². The van der Waals surface area contributed by atoms with Gasteiger partial charge in [-0.05, 0) is 54.3 Å². The van der Waals surface area contributed by atoms with Gasteiger partial charge in [-0.2, -0.15) is 0 Å². The summed E-state index contributed by atoms with van der Waals surface area (Å²) < 4.78 is 0. The van der Waals surface area contributed by atoms with E-state index in [-0.39, 0.29) is 0 Å². The topological polar surface area (TPSA) is 46.0 Å². The van der Waals surface area contributed by atoms with Gasteiger partial charge >= 0.3 is 0 Å². The molecule has 1 aliphatic carbocycles. The van der Waals surface area contributed by atoms with Gasteiger partial charge in [-0.25, -0.2) is 4.98 Å². The first-order valence-corrected chi connectivity index (χ1v) is 9.12. The summed E-state index contributed by atoms with van der Waals surface area (Å²) in [5.41, 5.74) is 8.09. The average Bonchev–Trinajstić information content (AvgIpc) is 2.74. The molecule has 0 saturated carbocycles. The fraction of sp³-hybridized carbons (Fsp3) is 0.0833. The van der Waals surface area contributed by atoms with Gasteiger partial charge < -0.3 is 5.11 Å². The molecule has 3 nitrogen and oxygen atoms in total. The maximum atomic E-state index is 10.4. The summed E-state index contributed by atoms with van der Waals surface area (Å²) in [6.07, 6.45) is 3.69. The van der Waals surface area contributed by atoms with Crippen molar-refractivity contribution < 1.29 is 5.11 Å². The zero-order valence-electron chi connectivity index (χ0n) is 14.8. The third-order valence-corrected chi connectivity index (χ3v) is 5.13. The number of aromatic hydroxyl groups is 1.